The van der Waals surface area contributed by atoms with Crippen molar-refractivity contribution in [2.75, 3.05) is 14.2 Å². The molecule has 1 aromatic carbocycles. The SMILES string of the molecule is COC(=O)C1=C(C)NC(C)=C(C(=O)OC)C1c1cc2ccc(C)cc2nc1Cl. The maximum Gasteiger partial charge on any atom is 0.336 e. The van der Waals surface area contributed by atoms with Gasteiger partial charge in [-0.3, -0.25) is 0 Å². The van der Waals surface area contributed by atoms with E-state index in [0.29, 0.717) is 28.1 Å². The molecule has 0 unspecified atom stereocenters. The van der Waals surface area contributed by atoms with E-state index in [4.69, 9.17) is 21.1 Å². The lowest BCUT2D eigenvalue weighted by Gasteiger charge is -2.30. The highest BCUT2D eigenvalue weighted by Gasteiger charge is 2.39. The molecule has 0 saturated carbocycles. The van der Waals surface area contributed by atoms with E-state index < -0.39 is 17.9 Å². The van der Waals surface area contributed by atoms with Crippen LogP contribution in [0.3, 0.4) is 0 Å². The second kappa shape index (κ2) is 7.64. The van der Waals surface area contributed by atoms with Crippen molar-refractivity contribution in [1.82, 2.24) is 10.3 Å². The first-order chi connectivity index (χ1) is 13.3. The minimum atomic E-state index is -0.758. The molecular weight excluding hydrogens is 380 g/mol. The molecule has 6 nitrogen and oxygen atoms in total. The van der Waals surface area contributed by atoms with Crippen LogP contribution < -0.4 is 5.32 Å². The minimum absolute atomic E-state index is 0.216. The molecule has 1 aliphatic rings. The third-order valence-corrected chi connectivity index (χ3v) is 5.14. The normalized spacial score (nSPS) is 14.9. The highest BCUT2D eigenvalue weighted by Crippen LogP contribution is 2.42. The Morgan fingerprint density at radius 1 is 1.00 bits per heavy atom. The number of nitrogens with zero attached hydrogens (tertiary/aromatic N) is 1. The lowest BCUT2D eigenvalue weighted by molar-refractivity contribution is -0.137. The summed E-state index contributed by atoms with van der Waals surface area (Å²) < 4.78 is 9.95. The molecule has 7 heteroatoms. The van der Waals surface area contributed by atoms with Gasteiger partial charge in [-0.2, -0.15) is 0 Å². The Kier molecular flexibility index (Phi) is 5.42. The summed E-state index contributed by atoms with van der Waals surface area (Å²) in [5.41, 5.74) is 4.10. The van der Waals surface area contributed by atoms with Crippen molar-refractivity contribution in [3.05, 3.63) is 63.1 Å². The Hall–Kier alpha value is -2.86. The Labute approximate surface area is 168 Å². The van der Waals surface area contributed by atoms with Gasteiger partial charge in [0.05, 0.1) is 36.8 Å². The van der Waals surface area contributed by atoms with Crippen molar-refractivity contribution >= 4 is 34.4 Å². The minimum Gasteiger partial charge on any atom is -0.466 e. The summed E-state index contributed by atoms with van der Waals surface area (Å²) in [7, 11) is 2.59. The average Bonchev–Trinajstić information content (AvgIpc) is 2.65. The van der Waals surface area contributed by atoms with Crippen molar-refractivity contribution in [3.63, 3.8) is 0 Å². The number of fused-ring (bicyclic) bond motifs is 1. The van der Waals surface area contributed by atoms with Gasteiger partial charge < -0.3 is 14.8 Å². The van der Waals surface area contributed by atoms with Crippen molar-refractivity contribution in [2.24, 2.45) is 0 Å². The number of halogens is 1. The molecule has 0 bridgehead atoms. The molecule has 1 aliphatic heterocycles. The number of methoxy groups -OCH3 is 2. The van der Waals surface area contributed by atoms with Crippen LogP contribution in [0.4, 0.5) is 0 Å². The van der Waals surface area contributed by atoms with Crippen LogP contribution in [0.25, 0.3) is 10.9 Å². The Morgan fingerprint density at radius 3 is 2.11 bits per heavy atom. The predicted octanol–water partition coefficient (Wildman–Crippen LogP) is 3.78. The third-order valence-electron chi connectivity index (χ3n) is 4.84. The number of aryl methyl sites for hydroxylation is 1. The summed E-state index contributed by atoms with van der Waals surface area (Å²) >= 11 is 6.53. The smallest absolute Gasteiger partial charge is 0.336 e. The summed E-state index contributed by atoms with van der Waals surface area (Å²) in [6, 6.07) is 7.68. The fourth-order valence-corrected chi connectivity index (χ4v) is 3.79. The van der Waals surface area contributed by atoms with Gasteiger partial charge in [-0.25, -0.2) is 14.6 Å². The number of nitrogens with one attached hydrogen (secondary N) is 1. The van der Waals surface area contributed by atoms with E-state index in [1.807, 2.05) is 31.2 Å². The quantitative estimate of drug-likeness (QED) is 0.624. The molecule has 146 valence electrons. The highest BCUT2D eigenvalue weighted by molar-refractivity contribution is 6.31. The Bertz CT molecular complexity index is 1020. The number of pyridine rings is 1. The first kappa shape index (κ1) is 19.9. The number of hydrogen-bond donors (Lipinski definition) is 1. The number of dihydropyridines is 1. The van der Waals surface area contributed by atoms with Crippen LogP contribution >= 0.6 is 11.6 Å². The van der Waals surface area contributed by atoms with Crippen molar-refractivity contribution in [2.45, 2.75) is 26.7 Å². The molecule has 0 radical (unpaired) electrons. The van der Waals surface area contributed by atoms with Crippen LogP contribution in [0.1, 0.15) is 30.9 Å². The molecule has 0 saturated heterocycles. The zero-order chi connectivity index (χ0) is 20.6. The Balaban J connectivity index is 2.31. The van der Waals surface area contributed by atoms with Crippen molar-refractivity contribution < 1.29 is 19.1 Å². The summed E-state index contributed by atoms with van der Waals surface area (Å²) in [6.45, 7) is 5.48. The summed E-state index contributed by atoms with van der Waals surface area (Å²) in [6.07, 6.45) is 0. The zero-order valence-corrected chi connectivity index (χ0v) is 17.1. The van der Waals surface area contributed by atoms with E-state index in [1.54, 1.807) is 13.8 Å². The van der Waals surface area contributed by atoms with Crippen LogP contribution in [0.15, 0.2) is 46.8 Å². The zero-order valence-electron chi connectivity index (χ0n) is 16.3. The lowest BCUT2D eigenvalue weighted by atomic mass is 9.80. The van der Waals surface area contributed by atoms with Gasteiger partial charge in [0.15, 0.2) is 0 Å². The van der Waals surface area contributed by atoms with E-state index >= 15 is 0 Å². The van der Waals surface area contributed by atoms with Gasteiger partial charge in [-0.05, 0) is 38.5 Å². The molecular formula is C21H21ClN2O4. The number of aromatic nitrogens is 1. The number of hydrogen-bond acceptors (Lipinski definition) is 6. The maximum absolute atomic E-state index is 12.6. The number of esters is 2. The van der Waals surface area contributed by atoms with Crippen LogP contribution in [0.2, 0.25) is 5.15 Å². The van der Waals surface area contributed by atoms with E-state index in [1.165, 1.54) is 14.2 Å². The van der Waals surface area contributed by atoms with Gasteiger partial charge in [0.2, 0.25) is 0 Å². The van der Waals surface area contributed by atoms with Crippen molar-refractivity contribution in [1.29, 1.82) is 0 Å². The number of rotatable bonds is 3. The summed E-state index contributed by atoms with van der Waals surface area (Å²) in [5, 5.41) is 4.14. The van der Waals surface area contributed by atoms with E-state index in [2.05, 4.69) is 10.3 Å². The average molecular weight is 401 g/mol. The standard InChI is InChI=1S/C21H21ClN2O4/c1-10-6-7-13-9-14(19(22)24-15(13)8-10)18-16(20(25)27-4)11(2)23-12(3)17(18)21(26)28-5/h6-9,18,23H,1-5H3. The molecule has 0 fully saturated rings. The topological polar surface area (TPSA) is 77.5 Å². The molecule has 2 heterocycles. The first-order valence-corrected chi connectivity index (χ1v) is 9.08. The number of benzene rings is 1. The number of carbonyl (C=O) groups excluding carboxylic acids is 2. The number of carbonyl (C=O) groups is 2. The fourth-order valence-electron chi connectivity index (χ4n) is 3.54. The van der Waals surface area contributed by atoms with Crippen LogP contribution in [-0.2, 0) is 19.1 Å². The molecule has 3 rings (SSSR count). The molecule has 2 aromatic rings. The molecule has 0 amide bonds. The van der Waals surface area contributed by atoms with Gasteiger partial charge in [-0.15, -0.1) is 0 Å². The fraction of sp³-hybridized carbons (Fsp3) is 0.286. The van der Waals surface area contributed by atoms with Crippen molar-refractivity contribution in [3.8, 4) is 0 Å². The molecule has 0 spiro atoms. The molecule has 0 aliphatic carbocycles. The third kappa shape index (κ3) is 3.36. The van der Waals surface area contributed by atoms with Gasteiger partial charge in [0, 0.05) is 22.3 Å². The number of ether oxygens (including phenoxy) is 2. The van der Waals surface area contributed by atoms with Gasteiger partial charge in [0.25, 0.3) is 0 Å². The largest absolute Gasteiger partial charge is 0.466 e. The lowest BCUT2D eigenvalue weighted by Crippen LogP contribution is -2.32. The highest BCUT2D eigenvalue weighted by atomic mass is 35.5. The van der Waals surface area contributed by atoms with E-state index in [9.17, 15) is 9.59 Å². The summed E-state index contributed by atoms with van der Waals surface area (Å²) in [4.78, 5) is 29.7. The summed E-state index contributed by atoms with van der Waals surface area (Å²) in [5.74, 6) is -1.86. The maximum atomic E-state index is 12.6. The monoisotopic (exact) mass is 400 g/mol. The second-order valence-corrected chi connectivity index (χ2v) is 7.04. The van der Waals surface area contributed by atoms with Crippen LogP contribution in [0.5, 0.6) is 0 Å². The van der Waals surface area contributed by atoms with Crippen LogP contribution in [0, 0.1) is 6.92 Å². The molecule has 0 atom stereocenters. The van der Waals surface area contributed by atoms with Gasteiger partial charge >= 0.3 is 11.9 Å². The Morgan fingerprint density at radius 2 is 1.57 bits per heavy atom. The molecule has 28 heavy (non-hydrogen) atoms. The molecule has 1 aromatic heterocycles. The predicted molar refractivity (Wildman–Crippen MR) is 107 cm³/mol. The van der Waals surface area contributed by atoms with Gasteiger partial charge in [0.1, 0.15) is 5.15 Å². The first-order valence-electron chi connectivity index (χ1n) is 8.70. The van der Waals surface area contributed by atoms with Gasteiger partial charge in [-0.1, -0.05) is 23.7 Å². The second-order valence-electron chi connectivity index (χ2n) is 6.68. The molecule has 1 N–H and O–H groups in total. The van der Waals surface area contributed by atoms with Crippen LogP contribution in [-0.4, -0.2) is 31.1 Å². The van der Waals surface area contributed by atoms with E-state index in [-0.39, 0.29) is 5.15 Å². The number of allylic oxidation sites excluding steroid dienone is 2. The van der Waals surface area contributed by atoms with E-state index in [0.717, 1.165) is 16.5 Å².